The second kappa shape index (κ2) is 13.2. The molecule has 4 aromatic carbocycles. The molecular weight excluding hydrogens is 550 g/mol. The summed E-state index contributed by atoms with van der Waals surface area (Å²) in [6.45, 7) is 5.58. The van der Waals surface area contributed by atoms with E-state index in [2.05, 4.69) is 57.1 Å². The molecule has 0 saturated carbocycles. The Morgan fingerprint density at radius 3 is 2.36 bits per heavy atom. The number of likely N-dealkylation sites (N-methyl/N-ethyl adjacent to an activating group) is 1. The summed E-state index contributed by atoms with van der Waals surface area (Å²) in [5, 5.41) is 9.51. The summed E-state index contributed by atoms with van der Waals surface area (Å²) in [6, 6.07) is 31.1. The summed E-state index contributed by atoms with van der Waals surface area (Å²) in [5.74, 6) is 0.297. The van der Waals surface area contributed by atoms with E-state index in [0.717, 1.165) is 55.3 Å². The van der Waals surface area contributed by atoms with Gasteiger partial charge in [-0.3, -0.25) is 14.5 Å². The minimum atomic E-state index is -0.223. The van der Waals surface area contributed by atoms with Crippen LogP contribution in [0.1, 0.15) is 32.6 Å². The number of piperazine rings is 1. The lowest BCUT2D eigenvalue weighted by atomic mass is 9.98. The van der Waals surface area contributed by atoms with Crippen molar-refractivity contribution in [2.45, 2.75) is 13.1 Å². The minimum absolute atomic E-state index is 0.216. The highest BCUT2D eigenvalue weighted by Gasteiger charge is 2.29. The number of hydrogen-bond acceptors (Lipinski definition) is 6. The van der Waals surface area contributed by atoms with Gasteiger partial charge in [0, 0.05) is 61.8 Å². The number of methoxy groups -OCH3 is 1. The molecular formula is C36H37N5O3. The molecule has 1 fully saturated rings. The average molecular weight is 588 g/mol. The third-order valence-electron chi connectivity index (χ3n) is 8.15. The molecule has 1 saturated heterocycles. The van der Waals surface area contributed by atoms with Crippen LogP contribution in [0.5, 0.6) is 5.75 Å². The molecule has 0 aliphatic carbocycles. The molecule has 3 N–H and O–H groups in total. The third-order valence-corrected chi connectivity index (χ3v) is 8.15. The number of hydrogen-bond donors (Lipinski definition) is 3. The Morgan fingerprint density at radius 1 is 0.841 bits per heavy atom. The summed E-state index contributed by atoms with van der Waals surface area (Å²) < 4.78 is 5.29. The van der Waals surface area contributed by atoms with E-state index in [-0.39, 0.29) is 11.8 Å². The topological polar surface area (TPSA) is 85.9 Å². The Morgan fingerprint density at radius 2 is 1.61 bits per heavy atom. The maximum Gasteiger partial charge on any atom is 0.258 e. The maximum atomic E-state index is 13.5. The predicted octanol–water partition coefficient (Wildman–Crippen LogP) is 5.31. The summed E-state index contributed by atoms with van der Waals surface area (Å²) >= 11 is 0. The first kappa shape index (κ1) is 29.2. The zero-order valence-corrected chi connectivity index (χ0v) is 25.1. The number of fused-ring (bicyclic) bond motifs is 1. The zero-order chi connectivity index (χ0) is 30.5. The van der Waals surface area contributed by atoms with E-state index >= 15 is 0 Å². The fraction of sp³-hybridized carbons (Fsp3) is 0.222. The summed E-state index contributed by atoms with van der Waals surface area (Å²) in [4.78, 5) is 31.5. The van der Waals surface area contributed by atoms with Crippen molar-refractivity contribution in [2.75, 3.05) is 51.0 Å². The number of carbonyl (C=O) groups excluding carboxylic acids is 2. The van der Waals surface area contributed by atoms with Crippen LogP contribution < -0.4 is 20.7 Å². The van der Waals surface area contributed by atoms with Gasteiger partial charge in [-0.2, -0.15) is 0 Å². The van der Waals surface area contributed by atoms with Gasteiger partial charge in [0.2, 0.25) is 0 Å². The van der Waals surface area contributed by atoms with Crippen LogP contribution in [-0.2, 0) is 17.9 Å². The van der Waals surface area contributed by atoms with Crippen LogP contribution in [0, 0.1) is 0 Å². The molecule has 0 radical (unpaired) electrons. The first-order chi connectivity index (χ1) is 21.5. The van der Waals surface area contributed by atoms with Gasteiger partial charge in [-0.25, -0.2) is 0 Å². The molecule has 44 heavy (non-hydrogen) atoms. The van der Waals surface area contributed by atoms with Gasteiger partial charge in [0.15, 0.2) is 0 Å². The first-order valence-corrected chi connectivity index (χ1v) is 14.9. The molecule has 0 bridgehead atoms. The normalized spacial score (nSPS) is 16.2. The van der Waals surface area contributed by atoms with Gasteiger partial charge in [-0.05, 0) is 66.2 Å². The molecule has 8 heteroatoms. The lowest BCUT2D eigenvalue weighted by Gasteiger charge is -2.32. The monoisotopic (exact) mass is 587 g/mol. The molecule has 4 aromatic rings. The molecule has 2 aliphatic rings. The highest BCUT2D eigenvalue weighted by atomic mass is 16.5. The fourth-order valence-electron chi connectivity index (χ4n) is 5.61. The highest BCUT2D eigenvalue weighted by molar-refractivity contribution is 6.37. The molecule has 0 atom stereocenters. The smallest absolute Gasteiger partial charge is 0.258 e. The van der Waals surface area contributed by atoms with E-state index in [1.54, 1.807) is 25.3 Å². The Balaban J connectivity index is 1.26. The van der Waals surface area contributed by atoms with Crippen LogP contribution >= 0.6 is 0 Å². The number of benzene rings is 4. The number of carbonyl (C=O) groups is 2. The minimum Gasteiger partial charge on any atom is -0.497 e. The van der Waals surface area contributed by atoms with Gasteiger partial charge in [0.25, 0.3) is 11.8 Å². The average Bonchev–Trinajstić information content (AvgIpc) is 3.39. The van der Waals surface area contributed by atoms with E-state index in [0.29, 0.717) is 34.6 Å². The number of rotatable bonds is 9. The first-order valence-electron chi connectivity index (χ1n) is 14.9. The van der Waals surface area contributed by atoms with Gasteiger partial charge >= 0.3 is 0 Å². The molecule has 0 aromatic heterocycles. The number of amides is 2. The molecule has 224 valence electrons. The van der Waals surface area contributed by atoms with Crippen molar-refractivity contribution < 1.29 is 14.3 Å². The van der Waals surface area contributed by atoms with E-state index < -0.39 is 0 Å². The van der Waals surface area contributed by atoms with Crippen LogP contribution in [0.2, 0.25) is 0 Å². The van der Waals surface area contributed by atoms with E-state index in [1.165, 1.54) is 5.56 Å². The van der Waals surface area contributed by atoms with Crippen LogP contribution in [0.3, 0.4) is 0 Å². The quantitative estimate of drug-likeness (QED) is 0.230. The largest absolute Gasteiger partial charge is 0.497 e. The van der Waals surface area contributed by atoms with Crippen molar-refractivity contribution in [2.24, 2.45) is 0 Å². The van der Waals surface area contributed by atoms with Gasteiger partial charge in [-0.1, -0.05) is 54.6 Å². The molecule has 2 heterocycles. The van der Waals surface area contributed by atoms with Gasteiger partial charge in [0.05, 0.1) is 18.4 Å². The standard InChI is InChI=1S/C36H37N5O3/c1-40-17-19-41(20-18-40)24-25-11-14-29(15-12-25)38-34(27-8-4-3-5-9-27)33-31-22-28(13-16-32(31)39-36(33)43)35(42)37-23-26-7-6-10-30(21-26)44-2/h3-16,21-22,38H,17-20,23-24H2,1-2H3,(H,37,42)(H,39,43). The second-order valence-electron chi connectivity index (χ2n) is 11.3. The van der Waals surface area contributed by atoms with Crippen molar-refractivity contribution in [3.63, 3.8) is 0 Å². The van der Waals surface area contributed by atoms with Crippen molar-refractivity contribution in [3.8, 4) is 5.75 Å². The number of nitrogens with one attached hydrogen (secondary N) is 3. The zero-order valence-electron chi connectivity index (χ0n) is 25.1. The summed E-state index contributed by atoms with van der Waals surface area (Å²) in [7, 11) is 3.78. The summed E-state index contributed by atoms with van der Waals surface area (Å²) in [6.07, 6.45) is 0. The molecule has 0 spiro atoms. The van der Waals surface area contributed by atoms with Crippen molar-refractivity contribution in [1.82, 2.24) is 15.1 Å². The van der Waals surface area contributed by atoms with E-state index in [1.807, 2.05) is 54.6 Å². The van der Waals surface area contributed by atoms with Gasteiger partial charge in [0.1, 0.15) is 5.75 Å². The Hall–Kier alpha value is -4.92. The second-order valence-corrected chi connectivity index (χ2v) is 11.3. The molecule has 6 rings (SSSR count). The fourth-order valence-corrected chi connectivity index (χ4v) is 5.61. The van der Waals surface area contributed by atoms with Crippen LogP contribution in [0.4, 0.5) is 11.4 Å². The SMILES string of the molecule is COc1cccc(CNC(=O)c2ccc3c(c2)C(=C(Nc2ccc(CN4CCN(C)CC4)cc2)c2ccccc2)C(=O)N3)c1. The molecule has 2 aliphatic heterocycles. The molecule has 2 amide bonds. The molecule has 8 nitrogen and oxygen atoms in total. The Kier molecular flexibility index (Phi) is 8.72. The number of nitrogens with zero attached hydrogens (tertiary/aromatic N) is 2. The van der Waals surface area contributed by atoms with Crippen LogP contribution in [-0.4, -0.2) is 62.0 Å². The molecule has 0 unspecified atom stereocenters. The van der Waals surface area contributed by atoms with E-state index in [9.17, 15) is 9.59 Å². The van der Waals surface area contributed by atoms with Crippen molar-refractivity contribution in [3.05, 3.63) is 125 Å². The van der Waals surface area contributed by atoms with E-state index in [4.69, 9.17) is 4.74 Å². The predicted molar refractivity (Wildman–Crippen MR) is 175 cm³/mol. The lowest BCUT2D eigenvalue weighted by molar-refractivity contribution is -0.110. The highest BCUT2D eigenvalue weighted by Crippen LogP contribution is 2.38. The van der Waals surface area contributed by atoms with Crippen molar-refractivity contribution in [1.29, 1.82) is 0 Å². The maximum absolute atomic E-state index is 13.5. The lowest BCUT2D eigenvalue weighted by Crippen LogP contribution is -2.43. The van der Waals surface area contributed by atoms with Gasteiger partial charge in [-0.15, -0.1) is 0 Å². The Bertz CT molecular complexity index is 1680. The van der Waals surface area contributed by atoms with Crippen molar-refractivity contribution >= 4 is 34.5 Å². The van der Waals surface area contributed by atoms with Crippen LogP contribution in [0.15, 0.2) is 97.1 Å². The number of anilines is 2. The van der Waals surface area contributed by atoms with Gasteiger partial charge < -0.3 is 25.6 Å². The third kappa shape index (κ3) is 6.67. The Labute approximate surface area is 258 Å². The van der Waals surface area contributed by atoms with Crippen LogP contribution in [0.25, 0.3) is 11.3 Å². The summed E-state index contributed by atoms with van der Waals surface area (Å²) in [5.41, 5.74) is 6.95. The number of ether oxygens (including phenoxy) is 1.